The molecule has 1 aromatic rings. The van der Waals surface area contributed by atoms with E-state index in [1.165, 1.54) is 24.3 Å². The molecular formula is C14H15N3O3. The molecule has 0 saturated heterocycles. The molecule has 1 unspecified atom stereocenters. The van der Waals surface area contributed by atoms with Gasteiger partial charge in [0.25, 0.3) is 11.6 Å². The Hall–Kier alpha value is -2.50. The second-order valence-electron chi connectivity index (χ2n) is 4.57. The summed E-state index contributed by atoms with van der Waals surface area (Å²) in [7, 11) is 0. The molecule has 0 bridgehead atoms. The number of amides is 1. The van der Waals surface area contributed by atoms with E-state index in [0.717, 1.165) is 19.3 Å². The molecule has 2 rings (SSSR count). The van der Waals surface area contributed by atoms with E-state index in [1.54, 1.807) is 6.21 Å². The van der Waals surface area contributed by atoms with Gasteiger partial charge in [-0.25, -0.2) is 5.43 Å². The third-order valence-corrected chi connectivity index (χ3v) is 3.10. The Labute approximate surface area is 116 Å². The Morgan fingerprint density at radius 3 is 2.70 bits per heavy atom. The normalized spacial score (nSPS) is 18.1. The molecule has 0 saturated carbocycles. The van der Waals surface area contributed by atoms with Crippen molar-refractivity contribution in [1.82, 2.24) is 5.43 Å². The van der Waals surface area contributed by atoms with Crippen molar-refractivity contribution >= 4 is 17.8 Å². The van der Waals surface area contributed by atoms with Gasteiger partial charge in [-0.1, -0.05) is 12.2 Å². The molecule has 0 aliphatic heterocycles. The molecule has 1 N–H and O–H groups in total. The van der Waals surface area contributed by atoms with Crippen LogP contribution in [0.4, 0.5) is 5.69 Å². The topological polar surface area (TPSA) is 84.6 Å². The van der Waals surface area contributed by atoms with Crippen LogP contribution in [0, 0.1) is 16.0 Å². The van der Waals surface area contributed by atoms with Crippen molar-refractivity contribution in [3.8, 4) is 0 Å². The summed E-state index contributed by atoms with van der Waals surface area (Å²) in [6.07, 6.45) is 9.00. The molecule has 1 aliphatic carbocycles. The summed E-state index contributed by atoms with van der Waals surface area (Å²) in [6.45, 7) is 0. The van der Waals surface area contributed by atoms with Crippen LogP contribution in [0.2, 0.25) is 0 Å². The summed E-state index contributed by atoms with van der Waals surface area (Å²) in [4.78, 5) is 21.8. The number of carbonyl (C=O) groups excluding carboxylic acids is 1. The zero-order valence-electron chi connectivity index (χ0n) is 10.9. The van der Waals surface area contributed by atoms with E-state index in [9.17, 15) is 14.9 Å². The van der Waals surface area contributed by atoms with E-state index in [0.29, 0.717) is 11.5 Å². The molecule has 1 aromatic carbocycles. The SMILES string of the molecule is O=C(NN=CC1CC=CCC1)c1ccc([N+](=O)[O-])cc1. The highest BCUT2D eigenvalue weighted by Crippen LogP contribution is 2.15. The van der Waals surface area contributed by atoms with E-state index in [-0.39, 0.29) is 11.6 Å². The number of hydrogen-bond donors (Lipinski definition) is 1. The van der Waals surface area contributed by atoms with Crippen LogP contribution in [-0.4, -0.2) is 17.0 Å². The van der Waals surface area contributed by atoms with Gasteiger partial charge in [0.2, 0.25) is 0 Å². The van der Waals surface area contributed by atoms with Crippen molar-refractivity contribution in [1.29, 1.82) is 0 Å². The molecule has 1 atom stereocenters. The van der Waals surface area contributed by atoms with Gasteiger partial charge in [0.15, 0.2) is 0 Å². The molecule has 104 valence electrons. The molecule has 6 heteroatoms. The highest BCUT2D eigenvalue weighted by atomic mass is 16.6. The highest BCUT2D eigenvalue weighted by molar-refractivity contribution is 5.94. The Balaban J connectivity index is 1.89. The molecule has 20 heavy (non-hydrogen) atoms. The van der Waals surface area contributed by atoms with Crippen LogP contribution in [0.5, 0.6) is 0 Å². The summed E-state index contributed by atoms with van der Waals surface area (Å²) >= 11 is 0. The fourth-order valence-corrected chi connectivity index (χ4v) is 1.95. The second kappa shape index (κ2) is 6.60. The summed E-state index contributed by atoms with van der Waals surface area (Å²) in [6, 6.07) is 5.41. The molecule has 0 spiro atoms. The van der Waals surface area contributed by atoms with Crippen LogP contribution in [0.3, 0.4) is 0 Å². The lowest BCUT2D eigenvalue weighted by molar-refractivity contribution is -0.384. The number of nitrogens with one attached hydrogen (secondary N) is 1. The lowest BCUT2D eigenvalue weighted by atomic mass is 9.96. The summed E-state index contributed by atoms with van der Waals surface area (Å²) < 4.78 is 0. The highest BCUT2D eigenvalue weighted by Gasteiger charge is 2.09. The van der Waals surface area contributed by atoms with E-state index in [1.807, 2.05) is 0 Å². The number of benzene rings is 1. The fraction of sp³-hybridized carbons (Fsp3) is 0.286. The molecule has 0 fully saturated rings. The molecule has 0 aromatic heterocycles. The van der Waals surface area contributed by atoms with Crippen LogP contribution in [0.15, 0.2) is 41.5 Å². The van der Waals surface area contributed by atoms with E-state index in [2.05, 4.69) is 22.7 Å². The minimum Gasteiger partial charge on any atom is -0.267 e. The first-order chi connectivity index (χ1) is 9.66. The predicted octanol–water partition coefficient (Wildman–Crippen LogP) is 2.67. The van der Waals surface area contributed by atoms with Crippen LogP contribution in [0.25, 0.3) is 0 Å². The second-order valence-corrected chi connectivity index (χ2v) is 4.57. The molecule has 6 nitrogen and oxygen atoms in total. The van der Waals surface area contributed by atoms with Crippen LogP contribution in [0.1, 0.15) is 29.6 Å². The van der Waals surface area contributed by atoms with Gasteiger partial charge in [-0.05, 0) is 37.3 Å². The van der Waals surface area contributed by atoms with Gasteiger partial charge in [0, 0.05) is 23.9 Å². The quantitative estimate of drug-likeness (QED) is 0.396. The first-order valence-electron chi connectivity index (χ1n) is 6.40. The number of carbonyl (C=O) groups is 1. The number of hydrogen-bond acceptors (Lipinski definition) is 4. The Bertz CT molecular complexity index is 549. The number of nitro groups is 1. The van der Waals surface area contributed by atoms with E-state index >= 15 is 0 Å². The number of allylic oxidation sites excluding steroid dienone is 2. The first-order valence-corrected chi connectivity index (χ1v) is 6.40. The number of rotatable bonds is 4. The Morgan fingerprint density at radius 2 is 2.10 bits per heavy atom. The van der Waals surface area contributed by atoms with Gasteiger partial charge >= 0.3 is 0 Å². The van der Waals surface area contributed by atoms with Gasteiger partial charge in [-0.2, -0.15) is 5.10 Å². The molecule has 1 aliphatic rings. The van der Waals surface area contributed by atoms with Crippen LogP contribution >= 0.6 is 0 Å². The number of hydrazone groups is 1. The number of nitro benzene ring substituents is 1. The average Bonchev–Trinajstić information content (AvgIpc) is 2.48. The van der Waals surface area contributed by atoms with Crippen LogP contribution < -0.4 is 5.43 Å². The smallest absolute Gasteiger partial charge is 0.267 e. The fourth-order valence-electron chi connectivity index (χ4n) is 1.95. The molecule has 0 radical (unpaired) electrons. The van der Waals surface area contributed by atoms with Crippen molar-refractivity contribution in [3.05, 3.63) is 52.1 Å². The van der Waals surface area contributed by atoms with Gasteiger partial charge < -0.3 is 0 Å². The zero-order valence-corrected chi connectivity index (χ0v) is 10.9. The largest absolute Gasteiger partial charge is 0.271 e. The van der Waals surface area contributed by atoms with Crippen molar-refractivity contribution < 1.29 is 9.72 Å². The molecular weight excluding hydrogens is 258 g/mol. The van der Waals surface area contributed by atoms with Crippen molar-refractivity contribution in [3.63, 3.8) is 0 Å². The monoisotopic (exact) mass is 273 g/mol. The van der Waals surface area contributed by atoms with Crippen LogP contribution in [-0.2, 0) is 0 Å². The van der Waals surface area contributed by atoms with Gasteiger partial charge in [0.1, 0.15) is 0 Å². The maximum Gasteiger partial charge on any atom is 0.271 e. The van der Waals surface area contributed by atoms with Gasteiger partial charge in [0.05, 0.1) is 4.92 Å². The zero-order chi connectivity index (χ0) is 14.4. The lowest BCUT2D eigenvalue weighted by Crippen LogP contribution is -2.18. The molecule has 1 amide bonds. The average molecular weight is 273 g/mol. The minimum absolute atomic E-state index is 0.0426. The Morgan fingerprint density at radius 1 is 1.35 bits per heavy atom. The third-order valence-electron chi connectivity index (χ3n) is 3.10. The summed E-state index contributed by atoms with van der Waals surface area (Å²) in [5, 5.41) is 14.4. The van der Waals surface area contributed by atoms with Crippen molar-refractivity contribution in [2.75, 3.05) is 0 Å². The maximum absolute atomic E-state index is 11.8. The summed E-state index contributed by atoms with van der Waals surface area (Å²) in [5.41, 5.74) is 2.73. The van der Waals surface area contributed by atoms with Crippen molar-refractivity contribution in [2.45, 2.75) is 19.3 Å². The van der Waals surface area contributed by atoms with E-state index < -0.39 is 4.92 Å². The summed E-state index contributed by atoms with van der Waals surface area (Å²) in [5.74, 6) is -0.0142. The maximum atomic E-state index is 11.8. The molecule has 0 heterocycles. The van der Waals surface area contributed by atoms with Crippen molar-refractivity contribution in [2.24, 2.45) is 11.0 Å². The lowest BCUT2D eigenvalue weighted by Gasteiger charge is -2.11. The van der Waals surface area contributed by atoms with Gasteiger partial charge in [-0.3, -0.25) is 14.9 Å². The first kappa shape index (κ1) is 13.9. The predicted molar refractivity (Wildman–Crippen MR) is 75.5 cm³/mol. The van der Waals surface area contributed by atoms with Gasteiger partial charge in [-0.15, -0.1) is 0 Å². The number of non-ortho nitro benzene ring substituents is 1. The van der Waals surface area contributed by atoms with E-state index in [4.69, 9.17) is 0 Å². The number of nitrogens with zero attached hydrogens (tertiary/aromatic N) is 2. The third kappa shape index (κ3) is 3.74. The minimum atomic E-state index is -0.504. The standard InChI is InChI=1S/C14H15N3O3/c18-14(12-6-8-13(9-7-12)17(19)20)16-15-10-11-4-2-1-3-5-11/h1-2,6-11H,3-5H2,(H,16,18). The Kier molecular flexibility index (Phi) is 4.60.